The van der Waals surface area contributed by atoms with E-state index in [2.05, 4.69) is 10.1 Å². The molecule has 0 N–H and O–H groups in total. The van der Waals surface area contributed by atoms with E-state index in [0.29, 0.717) is 36.5 Å². The van der Waals surface area contributed by atoms with Crippen molar-refractivity contribution in [1.82, 2.24) is 15.0 Å². The molecule has 1 aliphatic rings. The Labute approximate surface area is 175 Å². The number of nitrogens with zero attached hydrogens (tertiary/aromatic N) is 3. The van der Waals surface area contributed by atoms with Crippen LogP contribution in [0.2, 0.25) is 0 Å². The van der Waals surface area contributed by atoms with Crippen molar-refractivity contribution in [2.45, 2.75) is 31.4 Å². The minimum absolute atomic E-state index is 0.116. The molecule has 0 bridgehead atoms. The Morgan fingerprint density at radius 1 is 1.16 bits per heavy atom. The predicted molar refractivity (Wildman–Crippen MR) is 103 cm³/mol. The molecule has 2 heterocycles. The first-order valence-electron chi connectivity index (χ1n) is 9.83. The highest BCUT2D eigenvalue weighted by Gasteiger charge is 2.31. The number of amides is 1. The van der Waals surface area contributed by atoms with Crippen LogP contribution in [0.25, 0.3) is 11.4 Å². The van der Waals surface area contributed by atoms with Gasteiger partial charge in [0, 0.05) is 18.7 Å². The minimum atomic E-state index is -4.45. The summed E-state index contributed by atoms with van der Waals surface area (Å²) in [7, 11) is 0. The van der Waals surface area contributed by atoms with Crippen molar-refractivity contribution in [3.05, 3.63) is 71.4 Å². The SMILES string of the molecule is O=C(Cc1cccc(C(F)(F)F)c1)N1CCCC(c2nc(-c3cccc(F)c3)no2)C1. The smallest absolute Gasteiger partial charge is 0.342 e. The average molecular weight is 433 g/mol. The Kier molecular flexibility index (Phi) is 5.75. The molecular weight excluding hydrogens is 414 g/mol. The Morgan fingerprint density at radius 3 is 2.74 bits per heavy atom. The molecule has 1 fully saturated rings. The van der Waals surface area contributed by atoms with Crippen molar-refractivity contribution in [3.8, 4) is 11.4 Å². The van der Waals surface area contributed by atoms with Gasteiger partial charge >= 0.3 is 6.18 Å². The van der Waals surface area contributed by atoms with Crippen molar-refractivity contribution >= 4 is 5.91 Å². The summed E-state index contributed by atoms with van der Waals surface area (Å²) in [4.78, 5) is 18.7. The van der Waals surface area contributed by atoms with Crippen LogP contribution in [0.3, 0.4) is 0 Å². The van der Waals surface area contributed by atoms with Crippen LogP contribution < -0.4 is 0 Å². The second-order valence-corrected chi connectivity index (χ2v) is 7.52. The normalized spacial score (nSPS) is 17.0. The number of rotatable bonds is 4. The van der Waals surface area contributed by atoms with Crippen LogP contribution in [0.15, 0.2) is 53.1 Å². The number of benzene rings is 2. The van der Waals surface area contributed by atoms with E-state index in [0.717, 1.165) is 18.6 Å². The lowest BCUT2D eigenvalue weighted by Gasteiger charge is -2.31. The summed E-state index contributed by atoms with van der Waals surface area (Å²) < 4.78 is 57.5. The molecule has 0 radical (unpaired) electrons. The maximum absolute atomic E-state index is 13.4. The summed E-state index contributed by atoms with van der Waals surface area (Å²) >= 11 is 0. The summed E-state index contributed by atoms with van der Waals surface area (Å²) in [6.07, 6.45) is -3.13. The van der Waals surface area contributed by atoms with Gasteiger partial charge in [0.2, 0.25) is 17.6 Å². The van der Waals surface area contributed by atoms with Crippen molar-refractivity contribution < 1.29 is 26.9 Å². The molecule has 0 spiro atoms. The summed E-state index contributed by atoms with van der Waals surface area (Å²) in [6.45, 7) is 0.849. The van der Waals surface area contributed by atoms with Crippen LogP contribution in [-0.4, -0.2) is 34.0 Å². The first-order valence-corrected chi connectivity index (χ1v) is 9.83. The molecule has 1 saturated heterocycles. The van der Waals surface area contributed by atoms with E-state index in [1.165, 1.54) is 24.3 Å². The molecule has 1 aliphatic heterocycles. The second kappa shape index (κ2) is 8.49. The minimum Gasteiger partial charge on any atom is -0.342 e. The molecule has 5 nitrogen and oxygen atoms in total. The zero-order chi connectivity index (χ0) is 22.0. The van der Waals surface area contributed by atoms with Crippen LogP contribution in [-0.2, 0) is 17.4 Å². The Balaban J connectivity index is 1.44. The topological polar surface area (TPSA) is 59.2 Å². The molecule has 162 valence electrons. The van der Waals surface area contributed by atoms with Gasteiger partial charge in [0.25, 0.3) is 0 Å². The standard InChI is InChI=1S/C22H19F4N3O2/c23-18-8-2-5-15(12-18)20-27-21(31-28-20)16-6-3-9-29(13-16)19(30)11-14-4-1-7-17(10-14)22(24,25)26/h1-2,4-5,7-8,10,12,16H,3,6,9,11,13H2. The van der Waals surface area contributed by atoms with E-state index in [1.54, 1.807) is 17.0 Å². The zero-order valence-corrected chi connectivity index (χ0v) is 16.4. The Morgan fingerprint density at radius 2 is 1.97 bits per heavy atom. The van der Waals surface area contributed by atoms with Gasteiger partial charge in [-0.15, -0.1) is 0 Å². The van der Waals surface area contributed by atoms with Gasteiger partial charge in [-0.2, -0.15) is 18.2 Å². The lowest BCUT2D eigenvalue weighted by molar-refractivity contribution is -0.138. The number of hydrogen-bond acceptors (Lipinski definition) is 4. The summed E-state index contributed by atoms with van der Waals surface area (Å²) in [5, 5.41) is 3.91. The van der Waals surface area contributed by atoms with Gasteiger partial charge in [0.05, 0.1) is 17.9 Å². The molecule has 0 aliphatic carbocycles. The average Bonchev–Trinajstić information content (AvgIpc) is 3.24. The summed E-state index contributed by atoms with van der Waals surface area (Å²) in [6, 6.07) is 10.6. The van der Waals surface area contributed by atoms with Gasteiger partial charge in [0.15, 0.2) is 0 Å². The third-order valence-electron chi connectivity index (χ3n) is 5.26. The number of hydrogen-bond donors (Lipinski definition) is 0. The molecule has 9 heteroatoms. The van der Waals surface area contributed by atoms with E-state index in [9.17, 15) is 22.4 Å². The molecule has 2 aromatic carbocycles. The molecule has 0 saturated carbocycles. The number of carbonyl (C=O) groups is 1. The van der Waals surface area contributed by atoms with E-state index < -0.39 is 17.6 Å². The van der Waals surface area contributed by atoms with Gasteiger partial charge < -0.3 is 9.42 Å². The van der Waals surface area contributed by atoms with Crippen LogP contribution in [0.5, 0.6) is 0 Å². The highest BCUT2D eigenvalue weighted by molar-refractivity contribution is 5.79. The molecule has 1 aromatic heterocycles. The highest BCUT2D eigenvalue weighted by Crippen LogP contribution is 2.31. The van der Waals surface area contributed by atoms with E-state index in [1.807, 2.05) is 0 Å². The lowest BCUT2D eigenvalue weighted by Crippen LogP contribution is -2.40. The maximum Gasteiger partial charge on any atom is 0.416 e. The van der Waals surface area contributed by atoms with Gasteiger partial charge in [-0.05, 0) is 36.6 Å². The fraction of sp³-hybridized carbons (Fsp3) is 0.318. The number of piperidine rings is 1. The third-order valence-corrected chi connectivity index (χ3v) is 5.26. The lowest BCUT2D eigenvalue weighted by atomic mass is 9.97. The number of alkyl halides is 3. The Hall–Kier alpha value is -3.23. The van der Waals surface area contributed by atoms with Crippen LogP contribution in [0.1, 0.15) is 35.8 Å². The van der Waals surface area contributed by atoms with Crippen molar-refractivity contribution in [1.29, 1.82) is 0 Å². The molecule has 1 unspecified atom stereocenters. The quantitative estimate of drug-likeness (QED) is 0.553. The van der Waals surface area contributed by atoms with Crippen molar-refractivity contribution in [3.63, 3.8) is 0 Å². The fourth-order valence-corrected chi connectivity index (χ4v) is 3.70. The number of aromatic nitrogens is 2. The van der Waals surface area contributed by atoms with Crippen molar-refractivity contribution in [2.75, 3.05) is 13.1 Å². The number of likely N-dealkylation sites (tertiary alicyclic amines) is 1. The van der Waals surface area contributed by atoms with Gasteiger partial charge in [-0.25, -0.2) is 4.39 Å². The molecule has 3 aromatic rings. The molecule has 4 rings (SSSR count). The molecule has 1 amide bonds. The third kappa shape index (κ3) is 4.92. The van der Waals surface area contributed by atoms with E-state index in [-0.39, 0.29) is 24.1 Å². The monoisotopic (exact) mass is 433 g/mol. The number of carbonyl (C=O) groups excluding carboxylic acids is 1. The second-order valence-electron chi connectivity index (χ2n) is 7.52. The van der Waals surface area contributed by atoms with E-state index >= 15 is 0 Å². The first-order chi connectivity index (χ1) is 14.8. The molecular formula is C22H19F4N3O2. The molecule has 1 atom stereocenters. The van der Waals surface area contributed by atoms with Gasteiger partial charge in [-0.1, -0.05) is 35.5 Å². The maximum atomic E-state index is 13.4. The van der Waals surface area contributed by atoms with Crippen molar-refractivity contribution in [2.24, 2.45) is 0 Å². The van der Waals surface area contributed by atoms with E-state index in [4.69, 9.17) is 4.52 Å². The van der Waals surface area contributed by atoms with Crippen LogP contribution in [0.4, 0.5) is 17.6 Å². The van der Waals surface area contributed by atoms with Crippen LogP contribution >= 0.6 is 0 Å². The summed E-state index contributed by atoms with van der Waals surface area (Å²) in [5.41, 5.74) is 0.0291. The summed E-state index contributed by atoms with van der Waals surface area (Å²) in [5.74, 6) is -0.228. The van der Waals surface area contributed by atoms with Crippen LogP contribution in [0, 0.1) is 5.82 Å². The highest BCUT2D eigenvalue weighted by atomic mass is 19.4. The predicted octanol–water partition coefficient (Wildman–Crippen LogP) is 4.84. The van der Waals surface area contributed by atoms with Gasteiger partial charge in [-0.3, -0.25) is 4.79 Å². The zero-order valence-electron chi connectivity index (χ0n) is 16.4. The number of halogens is 4. The Bertz CT molecular complexity index is 1080. The fourth-order valence-electron chi connectivity index (χ4n) is 3.70. The molecule has 31 heavy (non-hydrogen) atoms. The van der Waals surface area contributed by atoms with Gasteiger partial charge in [0.1, 0.15) is 5.82 Å². The largest absolute Gasteiger partial charge is 0.416 e. The first kappa shape index (κ1) is 21.0.